The molecule has 2 heterocycles. The van der Waals surface area contributed by atoms with E-state index in [0.29, 0.717) is 36.5 Å². The fourth-order valence-electron chi connectivity index (χ4n) is 5.21. The van der Waals surface area contributed by atoms with Gasteiger partial charge in [-0.1, -0.05) is 36.4 Å². The summed E-state index contributed by atoms with van der Waals surface area (Å²) in [7, 11) is 0. The Kier molecular flexibility index (Phi) is 7.88. The van der Waals surface area contributed by atoms with Gasteiger partial charge < -0.3 is 14.8 Å². The molecule has 9 nitrogen and oxygen atoms in total. The van der Waals surface area contributed by atoms with Crippen molar-refractivity contribution in [2.75, 3.05) is 37.7 Å². The van der Waals surface area contributed by atoms with Crippen LogP contribution in [0.4, 0.5) is 10.5 Å². The molecule has 1 atom stereocenters. The topological polar surface area (TPSA) is 112 Å². The van der Waals surface area contributed by atoms with Crippen molar-refractivity contribution in [1.82, 2.24) is 10.2 Å². The molecule has 39 heavy (non-hydrogen) atoms. The molecule has 2 aliphatic heterocycles. The average Bonchev–Trinajstić information content (AvgIpc) is 3.32. The largest absolute Gasteiger partial charge is 0.466 e. The Hall–Kier alpha value is -4.24. The van der Waals surface area contributed by atoms with Crippen molar-refractivity contribution in [3.8, 4) is 0 Å². The highest BCUT2D eigenvalue weighted by Gasteiger charge is 2.35. The molecule has 3 aromatic carbocycles. The van der Waals surface area contributed by atoms with Crippen LogP contribution in [0.2, 0.25) is 0 Å². The maximum atomic E-state index is 12.9. The number of rotatable bonds is 7. The van der Waals surface area contributed by atoms with Gasteiger partial charge in [0.15, 0.2) is 0 Å². The normalized spacial score (nSPS) is 18.1. The lowest BCUT2D eigenvalue weighted by Crippen LogP contribution is -2.41. The first-order valence-corrected chi connectivity index (χ1v) is 13.3. The molecule has 0 bridgehead atoms. The highest BCUT2D eigenvalue weighted by Crippen LogP contribution is 2.25. The Labute approximate surface area is 227 Å². The Bertz CT molecular complexity index is 1380. The zero-order valence-electron chi connectivity index (χ0n) is 21.9. The van der Waals surface area contributed by atoms with Crippen LogP contribution < -0.4 is 10.2 Å². The van der Waals surface area contributed by atoms with Crippen LogP contribution in [0, 0.1) is 11.3 Å². The van der Waals surface area contributed by atoms with Crippen molar-refractivity contribution in [2.24, 2.45) is 5.92 Å². The number of amidine groups is 1. The smallest absolute Gasteiger partial charge is 0.414 e. The number of esters is 1. The van der Waals surface area contributed by atoms with E-state index >= 15 is 0 Å². The summed E-state index contributed by atoms with van der Waals surface area (Å²) in [6.45, 7) is 4.77. The third-order valence-corrected chi connectivity index (χ3v) is 7.28. The molecule has 2 aliphatic rings. The third-order valence-electron chi connectivity index (χ3n) is 7.28. The number of hydrogen-bond donors (Lipinski definition) is 2. The summed E-state index contributed by atoms with van der Waals surface area (Å²) >= 11 is 0. The van der Waals surface area contributed by atoms with Gasteiger partial charge in [-0.2, -0.15) is 0 Å². The molecular weight excluding hydrogens is 496 g/mol. The predicted octanol–water partition coefficient (Wildman–Crippen LogP) is 4.20. The lowest BCUT2D eigenvalue weighted by molar-refractivity contribution is -0.149. The molecular formula is C30H32N4O5. The quantitative estimate of drug-likeness (QED) is 0.270. The number of piperidine rings is 1. The van der Waals surface area contributed by atoms with Crippen LogP contribution in [0.1, 0.15) is 35.7 Å². The maximum absolute atomic E-state index is 12.9. The van der Waals surface area contributed by atoms with Gasteiger partial charge in [0, 0.05) is 23.4 Å². The van der Waals surface area contributed by atoms with Gasteiger partial charge in [-0.3, -0.25) is 24.8 Å². The van der Waals surface area contributed by atoms with E-state index in [1.165, 1.54) is 0 Å². The standard InChI is InChI=1S/C30H32N4O5/c1-2-38-29(36)22-14-16-33(17-15-22)18-24-19-34(30(37)39-24)23-12-10-21(11-13-23)27(31)32-28(35)26-9-5-7-20-6-3-4-8-25(20)26/h3-13,22,24H,2,14-19H2,1H3,(H2,31,32,35). The van der Waals surface area contributed by atoms with E-state index in [4.69, 9.17) is 14.9 Å². The fourth-order valence-corrected chi connectivity index (χ4v) is 5.21. The van der Waals surface area contributed by atoms with Crippen molar-refractivity contribution in [3.63, 3.8) is 0 Å². The number of likely N-dealkylation sites (tertiary alicyclic amines) is 1. The average molecular weight is 529 g/mol. The number of fused-ring (bicyclic) bond motifs is 1. The van der Waals surface area contributed by atoms with Gasteiger partial charge in [0.25, 0.3) is 5.91 Å². The highest BCUT2D eigenvalue weighted by molar-refractivity contribution is 6.16. The number of benzene rings is 3. The molecule has 0 spiro atoms. The Morgan fingerprint density at radius 2 is 1.74 bits per heavy atom. The monoisotopic (exact) mass is 528 g/mol. The molecule has 5 rings (SSSR count). The number of cyclic esters (lactones) is 1. The SMILES string of the molecule is CCOC(=O)C1CCN(CC2CN(c3ccc(C(=N)NC(=O)c4cccc5ccccc45)cc3)C(=O)O2)CC1. The van der Waals surface area contributed by atoms with E-state index in [9.17, 15) is 14.4 Å². The Balaban J connectivity index is 1.15. The summed E-state index contributed by atoms with van der Waals surface area (Å²) in [4.78, 5) is 41.3. The minimum Gasteiger partial charge on any atom is -0.466 e. The second-order valence-corrected chi connectivity index (χ2v) is 9.85. The number of amides is 2. The first kappa shape index (κ1) is 26.4. The fraction of sp³-hybridized carbons (Fsp3) is 0.333. The second kappa shape index (κ2) is 11.7. The van der Waals surface area contributed by atoms with Gasteiger partial charge in [0.05, 0.1) is 19.1 Å². The summed E-state index contributed by atoms with van der Waals surface area (Å²) in [5.41, 5.74) is 1.70. The number of carbonyl (C=O) groups excluding carboxylic acids is 3. The molecule has 9 heteroatoms. The minimum absolute atomic E-state index is 0.0208. The van der Waals surface area contributed by atoms with E-state index in [2.05, 4.69) is 10.2 Å². The first-order valence-electron chi connectivity index (χ1n) is 13.3. The van der Waals surface area contributed by atoms with Crippen LogP contribution in [-0.2, 0) is 14.3 Å². The zero-order chi connectivity index (χ0) is 27.4. The van der Waals surface area contributed by atoms with Crippen LogP contribution in [0.25, 0.3) is 10.8 Å². The summed E-state index contributed by atoms with van der Waals surface area (Å²) < 4.78 is 10.8. The van der Waals surface area contributed by atoms with E-state index in [1.807, 2.05) is 43.3 Å². The van der Waals surface area contributed by atoms with Crippen molar-refractivity contribution >= 4 is 40.3 Å². The summed E-state index contributed by atoms with van der Waals surface area (Å²) in [5, 5.41) is 12.9. The molecule has 0 saturated carbocycles. The molecule has 2 amide bonds. The van der Waals surface area contributed by atoms with E-state index in [-0.39, 0.29) is 29.7 Å². The minimum atomic E-state index is -0.409. The number of ether oxygens (including phenoxy) is 2. The van der Waals surface area contributed by atoms with E-state index in [0.717, 1.165) is 36.7 Å². The number of nitrogens with one attached hydrogen (secondary N) is 2. The number of nitrogens with zero attached hydrogens (tertiary/aromatic N) is 2. The van der Waals surface area contributed by atoms with E-state index < -0.39 is 6.09 Å². The number of anilines is 1. The number of hydrogen-bond acceptors (Lipinski definition) is 7. The molecule has 1 unspecified atom stereocenters. The van der Waals surface area contributed by atoms with Crippen molar-refractivity contribution in [1.29, 1.82) is 5.41 Å². The maximum Gasteiger partial charge on any atom is 0.414 e. The first-order chi connectivity index (χ1) is 18.9. The van der Waals surface area contributed by atoms with Gasteiger partial charge in [-0.15, -0.1) is 0 Å². The van der Waals surface area contributed by atoms with Gasteiger partial charge in [-0.05, 0) is 74.0 Å². The molecule has 2 fully saturated rings. The lowest BCUT2D eigenvalue weighted by atomic mass is 9.97. The van der Waals surface area contributed by atoms with Crippen molar-refractivity contribution in [3.05, 3.63) is 77.9 Å². The molecule has 3 aromatic rings. The van der Waals surface area contributed by atoms with Gasteiger partial charge >= 0.3 is 12.1 Å². The second-order valence-electron chi connectivity index (χ2n) is 9.85. The Morgan fingerprint density at radius 3 is 2.49 bits per heavy atom. The van der Waals surface area contributed by atoms with Gasteiger partial charge in [0.2, 0.25) is 0 Å². The summed E-state index contributed by atoms with van der Waals surface area (Å²) in [6, 6.07) is 20.1. The highest BCUT2D eigenvalue weighted by atomic mass is 16.6. The Morgan fingerprint density at radius 1 is 1.03 bits per heavy atom. The summed E-state index contributed by atoms with van der Waals surface area (Å²) in [6.07, 6.45) is 0.810. The number of carbonyl (C=O) groups is 3. The molecule has 0 aromatic heterocycles. The lowest BCUT2D eigenvalue weighted by Gasteiger charge is -2.31. The van der Waals surface area contributed by atoms with Crippen LogP contribution in [0.15, 0.2) is 66.7 Å². The van der Waals surface area contributed by atoms with Gasteiger partial charge in [0.1, 0.15) is 11.9 Å². The molecule has 0 aliphatic carbocycles. The van der Waals surface area contributed by atoms with Crippen molar-refractivity contribution in [2.45, 2.75) is 25.9 Å². The van der Waals surface area contributed by atoms with Crippen LogP contribution in [-0.4, -0.2) is 67.6 Å². The molecule has 0 radical (unpaired) electrons. The molecule has 202 valence electrons. The van der Waals surface area contributed by atoms with Crippen LogP contribution in [0.3, 0.4) is 0 Å². The van der Waals surface area contributed by atoms with Crippen LogP contribution >= 0.6 is 0 Å². The molecule has 2 saturated heterocycles. The van der Waals surface area contributed by atoms with Gasteiger partial charge in [-0.25, -0.2) is 4.79 Å². The van der Waals surface area contributed by atoms with Crippen molar-refractivity contribution < 1.29 is 23.9 Å². The predicted molar refractivity (Wildman–Crippen MR) is 148 cm³/mol. The molecule has 2 N–H and O–H groups in total. The zero-order valence-corrected chi connectivity index (χ0v) is 21.9. The van der Waals surface area contributed by atoms with E-state index in [1.54, 1.807) is 35.2 Å². The third kappa shape index (κ3) is 5.93. The summed E-state index contributed by atoms with van der Waals surface area (Å²) in [5.74, 6) is -0.552. The van der Waals surface area contributed by atoms with Crippen LogP contribution in [0.5, 0.6) is 0 Å².